The number of hydrogen-bond acceptors (Lipinski definition) is 4. The second-order valence-electron chi connectivity index (χ2n) is 6.32. The Morgan fingerprint density at radius 3 is 2.71 bits per heavy atom. The van der Waals surface area contributed by atoms with Crippen LogP contribution >= 0.6 is 0 Å². The minimum atomic E-state index is -0.251. The molecule has 1 aromatic carbocycles. The zero-order valence-electron chi connectivity index (χ0n) is 12.8. The van der Waals surface area contributed by atoms with Crippen molar-refractivity contribution in [3.05, 3.63) is 29.8 Å². The van der Waals surface area contributed by atoms with Crippen molar-refractivity contribution in [1.82, 2.24) is 4.90 Å². The maximum Gasteiger partial charge on any atom is 0.338 e. The Morgan fingerprint density at radius 1 is 1.24 bits per heavy atom. The van der Waals surface area contributed by atoms with Gasteiger partial charge in [0.15, 0.2) is 0 Å². The van der Waals surface area contributed by atoms with E-state index >= 15 is 0 Å². The molecule has 3 rings (SSSR count). The summed E-state index contributed by atoms with van der Waals surface area (Å²) in [5.41, 5.74) is 1.71. The average molecular weight is 288 g/mol. The number of rotatable bonds is 4. The predicted molar refractivity (Wildman–Crippen MR) is 83.6 cm³/mol. The van der Waals surface area contributed by atoms with E-state index < -0.39 is 0 Å². The second kappa shape index (κ2) is 6.06. The molecule has 0 radical (unpaired) electrons. The van der Waals surface area contributed by atoms with Gasteiger partial charge in [-0.2, -0.15) is 0 Å². The van der Waals surface area contributed by atoms with Gasteiger partial charge in [-0.3, -0.25) is 4.90 Å². The third-order valence-electron chi connectivity index (χ3n) is 4.42. The highest BCUT2D eigenvalue weighted by Crippen LogP contribution is 2.30. The molecule has 21 heavy (non-hydrogen) atoms. The fourth-order valence-electron chi connectivity index (χ4n) is 3.45. The van der Waals surface area contributed by atoms with E-state index in [0.717, 1.165) is 5.69 Å². The molecule has 2 aliphatic heterocycles. The van der Waals surface area contributed by atoms with E-state index in [2.05, 4.69) is 10.2 Å². The van der Waals surface area contributed by atoms with E-state index in [1.807, 2.05) is 38.1 Å². The van der Waals surface area contributed by atoms with Gasteiger partial charge in [-0.1, -0.05) is 0 Å². The Labute approximate surface area is 126 Å². The van der Waals surface area contributed by atoms with Crippen LogP contribution in [0.25, 0.3) is 0 Å². The first-order chi connectivity index (χ1) is 10.1. The molecule has 2 atom stereocenters. The van der Waals surface area contributed by atoms with E-state index in [4.69, 9.17) is 4.74 Å². The molecule has 0 aliphatic carbocycles. The average Bonchev–Trinajstić information content (AvgIpc) is 3.04. The van der Waals surface area contributed by atoms with Crippen LogP contribution in [0.3, 0.4) is 0 Å². The molecule has 0 amide bonds. The van der Waals surface area contributed by atoms with Gasteiger partial charge >= 0.3 is 5.97 Å². The molecule has 2 unspecified atom stereocenters. The Kier molecular flexibility index (Phi) is 4.15. The van der Waals surface area contributed by atoms with Crippen molar-refractivity contribution in [2.24, 2.45) is 0 Å². The van der Waals surface area contributed by atoms with E-state index in [1.165, 1.54) is 32.4 Å². The summed E-state index contributed by atoms with van der Waals surface area (Å²) in [4.78, 5) is 14.4. The number of ether oxygens (including phenoxy) is 1. The number of nitrogens with one attached hydrogen (secondary N) is 1. The highest BCUT2D eigenvalue weighted by atomic mass is 16.5. The number of carbonyl (C=O) groups is 1. The van der Waals surface area contributed by atoms with Crippen LogP contribution in [0.5, 0.6) is 0 Å². The first kappa shape index (κ1) is 14.4. The first-order valence-electron chi connectivity index (χ1n) is 7.95. The highest BCUT2D eigenvalue weighted by molar-refractivity contribution is 5.89. The van der Waals surface area contributed by atoms with Crippen LogP contribution in [-0.2, 0) is 4.74 Å². The van der Waals surface area contributed by atoms with Crippen molar-refractivity contribution in [1.29, 1.82) is 0 Å². The van der Waals surface area contributed by atoms with Gasteiger partial charge in [0.2, 0.25) is 0 Å². The Balaban J connectivity index is 1.61. The largest absolute Gasteiger partial charge is 0.459 e. The minimum absolute atomic E-state index is 0.0814. The normalized spacial score (nSPS) is 25.1. The number of esters is 1. The SMILES string of the molecule is CC(C)OC(=O)c1ccc(NC2CCN3CCCC23)cc1. The van der Waals surface area contributed by atoms with Gasteiger partial charge < -0.3 is 10.1 Å². The number of anilines is 1. The first-order valence-corrected chi connectivity index (χ1v) is 7.95. The number of fused-ring (bicyclic) bond motifs is 1. The van der Waals surface area contributed by atoms with Crippen molar-refractivity contribution in [2.75, 3.05) is 18.4 Å². The second-order valence-corrected chi connectivity index (χ2v) is 6.32. The molecule has 2 aliphatic rings. The molecular weight excluding hydrogens is 264 g/mol. The Morgan fingerprint density at radius 2 is 2.00 bits per heavy atom. The lowest BCUT2D eigenvalue weighted by Crippen LogP contribution is -2.33. The van der Waals surface area contributed by atoms with Gasteiger partial charge in [0, 0.05) is 24.3 Å². The fourth-order valence-corrected chi connectivity index (χ4v) is 3.45. The van der Waals surface area contributed by atoms with Crippen LogP contribution < -0.4 is 5.32 Å². The summed E-state index contributed by atoms with van der Waals surface area (Å²) in [5, 5.41) is 3.63. The van der Waals surface area contributed by atoms with Crippen molar-refractivity contribution in [3.63, 3.8) is 0 Å². The van der Waals surface area contributed by atoms with E-state index in [9.17, 15) is 4.79 Å². The highest BCUT2D eigenvalue weighted by Gasteiger charge is 2.36. The molecule has 1 aromatic rings. The van der Waals surface area contributed by atoms with Crippen molar-refractivity contribution in [3.8, 4) is 0 Å². The molecular formula is C17H24N2O2. The summed E-state index contributed by atoms with van der Waals surface area (Å²) in [7, 11) is 0. The number of benzene rings is 1. The van der Waals surface area contributed by atoms with Crippen LogP contribution in [0.15, 0.2) is 24.3 Å². The third-order valence-corrected chi connectivity index (χ3v) is 4.42. The summed E-state index contributed by atoms with van der Waals surface area (Å²) in [6.45, 7) is 6.19. The van der Waals surface area contributed by atoms with Crippen LogP contribution in [0.1, 0.15) is 43.5 Å². The third kappa shape index (κ3) is 3.21. The maximum absolute atomic E-state index is 11.8. The summed E-state index contributed by atoms with van der Waals surface area (Å²) < 4.78 is 5.20. The summed E-state index contributed by atoms with van der Waals surface area (Å²) >= 11 is 0. The van der Waals surface area contributed by atoms with Crippen molar-refractivity contribution < 1.29 is 9.53 Å². The lowest BCUT2D eigenvalue weighted by Gasteiger charge is -2.22. The minimum Gasteiger partial charge on any atom is -0.459 e. The standard InChI is InChI=1S/C17H24N2O2/c1-12(2)21-17(20)13-5-7-14(8-6-13)18-15-9-11-19-10-3-4-16(15)19/h5-8,12,15-16,18H,3-4,9-11H2,1-2H3. The molecule has 2 heterocycles. The molecule has 2 saturated heterocycles. The molecule has 2 fully saturated rings. The molecule has 0 aromatic heterocycles. The predicted octanol–water partition coefficient (Wildman–Crippen LogP) is 2.90. The van der Waals surface area contributed by atoms with E-state index in [1.54, 1.807) is 0 Å². The van der Waals surface area contributed by atoms with Crippen LogP contribution in [0.4, 0.5) is 5.69 Å². The van der Waals surface area contributed by atoms with Crippen LogP contribution in [0, 0.1) is 0 Å². The Hall–Kier alpha value is -1.55. The summed E-state index contributed by atoms with van der Waals surface area (Å²) in [6.07, 6.45) is 3.75. The molecule has 114 valence electrons. The van der Waals surface area contributed by atoms with Gasteiger partial charge in [-0.05, 0) is 63.9 Å². The maximum atomic E-state index is 11.8. The smallest absolute Gasteiger partial charge is 0.338 e. The molecule has 4 nitrogen and oxygen atoms in total. The summed E-state index contributed by atoms with van der Waals surface area (Å²) in [6, 6.07) is 8.88. The topological polar surface area (TPSA) is 41.6 Å². The zero-order chi connectivity index (χ0) is 14.8. The number of carbonyl (C=O) groups excluding carboxylic acids is 1. The van der Waals surface area contributed by atoms with Gasteiger partial charge in [0.05, 0.1) is 11.7 Å². The Bertz CT molecular complexity index is 498. The van der Waals surface area contributed by atoms with Gasteiger partial charge in [0.1, 0.15) is 0 Å². The fraction of sp³-hybridized carbons (Fsp3) is 0.588. The molecule has 0 bridgehead atoms. The molecule has 4 heteroatoms. The van der Waals surface area contributed by atoms with E-state index in [-0.39, 0.29) is 12.1 Å². The summed E-state index contributed by atoms with van der Waals surface area (Å²) in [5.74, 6) is -0.251. The van der Waals surface area contributed by atoms with Crippen LogP contribution in [0.2, 0.25) is 0 Å². The van der Waals surface area contributed by atoms with Crippen LogP contribution in [-0.4, -0.2) is 42.1 Å². The number of hydrogen-bond donors (Lipinski definition) is 1. The van der Waals surface area contributed by atoms with Crippen molar-refractivity contribution in [2.45, 2.75) is 51.3 Å². The monoisotopic (exact) mass is 288 g/mol. The zero-order valence-corrected chi connectivity index (χ0v) is 12.8. The lowest BCUT2D eigenvalue weighted by atomic mass is 10.1. The van der Waals surface area contributed by atoms with Gasteiger partial charge in [-0.15, -0.1) is 0 Å². The van der Waals surface area contributed by atoms with Gasteiger partial charge in [-0.25, -0.2) is 4.79 Å². The van der Waals surface area contributed by atoms with Crippen molar-refractivity contribution >= 4 is 11.7 Å². The molecule has 0 saturated carbocycles. The lowest BCUT2D eigenvalue weighted by molar-refractivity contribution is 0.0378. The molecule has 0 spiro atoms. The van der Waals surface area contributed by atoms with E-state index in [0.29, 0.717) is 17.6 Å². The van der Waals surface area contributed by atoms with Gasteiger partial charge in [0.25, 0.3) is 0 Å². The number of nitrogens with zero attached hydrogens (tertiary/aromatic N) is 1. The molecule has 1 N–H and O–H groups in total. The quantitative estimate of drug-likeness (QED) is 0.865.